The van der Waals surface area contributed by atoms with Gasteiger partial charge in [0.15, 0.2) is 0 Å². The predicted octanol–water partition coefficient (Wildman–Crippen LogP) is 4.03. The highest BCUT2D eigenvalue weighted by Gasteiger charge is 2.22. The van der Waals surface area contributed by atoms with Crippen LogP contribution in [0.1, 0.15) is 45.5 Å². The van der Waals surface area contributed by atoms with Crippen molar-refractivity contribution < 1.29 is 19.0 Å². The van der Waals surface area contributed by atoms with Gasteiger partial charge >= 0.3 is 0 Å². The third-order valence-corrected chi connectivity index (χ3v) is 5.81. The van der Waals surface area contributed by atoms with E-state index in [2.05, 4.69) is 11.9 Å². The summed E-state index contributed by atoms with van der Waals surface area (Å²) in [7, 11) is 5.46. The largest absolute Gasteiger partial charge is 0.497 e. The van der Waals surface area contributed by atoms with Gasteiger partial charge in [-0.25, -0.2) is 0 Å². The minimum absolute atomic E-state index is 0.382. The van der Waals surface area contributed by atoms with E-state index in [-0.39, 0.29) is 0 Å². The van der Waals surface area contributed by atoms with Gasteiger partial charge in [0.1, 0.15) is 17.8 Å². The molecule has 0 aliphatic carbocycles. The zero-order valence-electron chi connectivity index (χ0n) is 17.9. The van der Waals surface area contributed by atoms with Gasteiger partial charge in [0.2, 0.25) is 0 Å². The molecular weight excluding hydrogens is 366 g/mol. The fourth-order valence-electron chi connectivity index (χ4n) is 4.08. The standard InChI is InChI=1S/C24H31NO4/c1-17-23(14-25(2)21-6-5-11-29-16-21)20(15-26)13-19(24(17)28-4)12-18-7-9-22(27-3)10-8-18/h7-10,13,15,21H,5-6,11-12,14,16H2,1-4H3. The van der Waals surface area contributed by atoms with Crippen LogP contribution >= 0.6 is 0 Å². The Balaban J connectivity index is 1.88. The van der Waals surface area contributed by atoms with Crippen molar-refractivity contribution in [2.24, 2.45) is 0 Å². The fraction of sp³-hybridized carbons (Fsp3) is 0.458. The van der Waals surface area contributed by atoms with E-state index in [0.717, 1.165) is 71.7 Å². The fourth-order valence-corrected chi connectivity index (χ4v) is 4.08. The zero-order valence-corrected chi connectivity index (χ0v) is 17.9. The lowest BCUT2D eigenvalue weighted by Crippen LogP contribution is -2.38. The first kappa shape index (κ1) is 21.3. The molecule has 1 heterocycles. The Bertz CT molecular complexity index is 826. The smallest absolute Gasteiger partial charge is 0.150 e. The summed E-state index contributed by atoms with van der Waals surface area (Å²) in [6.45, 7) is 4.34. The SMILES string of the molecule is COc1ccc(Cc2cc(C=O)c(CN(C)C3CCCOC3)c(C)c2OC)cc1. The Kier molecular flexibility index (Phi) is 7.29. The van der Waals surface area contributed by atoms with E-state index in [1.165, 1.54) is 0 Å². The molecule has 1 fully saturated rings. The van der Waals surface area contributed by atoms with Crippen molar-refractivity contribution >= 4 is 6.29 Å². The number of likely N-dealkylation sites (N-methyl/N-ethyl adjacent to an activating group) is 1. The van der Waals surface area contributed by atoms with Crippen molar-refractivity contribution in [3.63, 3.8) is 0 Å². The summed E-state index contributed by atoms with van der Waals surface area (Å²) in [5.74, 6) is 1.69. The third-order valence-electron chi connectivity index (χ3n) is 5.81. The second-order valence-electron chi connectivity index (χ2n) is 7.69. The van der Waals surface area contributed by atoms with Crippen LogP contribution in [0.3, 0.4) is 0 Å². The Morgan fingerprint density at radius 1 is 1.21 bits per heavy atom. The first-order valence-electron chi connectivity index (χ1n) is 10.1. The van der Waals surface area contributed by atoms with Crippen LogP contribution in [0.5, 0.6) is 11.5 Å². The Morgan fingerprint density at radius 3 is 2.55 bits per heavy atom. The third kappa shape index (κ3) is 4.98. The van der Waals surface area contributed by atoms with Gasteiger partial charge in [-0.2, -0.15) is 0 Å². The summed E-state index contributed by atoms with van der Waals surface area (Å²) in [4.78, 5) is 14.2. The Morgan fingerprint density at radius 2 is 1.97 bits per heavy atom. The number of nitrogens with zero attached hydrogens (tertiary/aromatic N) is 1. The number of benzene rings is 2. The lowest BCUT2D eigenvalue weighted by atomic mass is 9.93. The molecule has 0 aromatic heterocycles. The van der Waals surface area contributed by atoms with Crippen LogP contribution < -0.4 is 9.47 Å². The maximum Gasteiger partial charge on any atom is 0.150 e. The highest BCUT2D eigenvalue weighted by atomic mass is 16.5. The molecule has 29 heavy (non-hydrogen) atoms. The van der Waals surface area contributed by atoms with Crippen molar-refractivity contribution in [2.45, 2.75) is 38.8 Å². The zero-order chi connectivity index (χ0) is 20.8. The molecule has 2 aromatic carbocycles. The molecule has 1 atom stereocenters. The van der Waals surface area contributed by atoms with Crippen molar-refractivity contribution in [1.29, 1.82) is 0 Å². The number of hydrogen-bond acceptors (Lipinski definition) is 5. The van der Waals surface area contributed by atoms with Gasteiger partial charge in [0.05, 0.1) is 20.8 Å². The Hall–Kier alpha value is -2.37. The second-order valence-corrected chi connectivity index (χ2v) is 7.69. The minimum Gasteiger partial charge on any atom is -0.497 e. The highest BCUT2D eigenvalue weighted by Crippen LogP contribution is 2.32. The van der Waals surface area contributed by atoms with Gasteiger partial charge < -0.3 is 14.2 Å². The summed E-state index contributed by atoms with van der Waals surface area (Å²) in [6, 6.07) is 10.3. The number of rotatable bonds is 8. The molecule has 0 N–H and O–H groups in total. The lowest BCUT2D eigenvalue weighted by Gasteiger charge is -2.32. The molecule has 0 saturated carbocycles. The van der Waals surface area contributed by atoms with Crippen LogP contribution in [0.2, 0.25) is 0 Å². The average molecular weight is 398 g/mol. The van der Waals surface area contributed by atoms with Crippen molar-refractivity contribution in [3.8, 4) is 11.5 Å². The number of hydrogen-bond donors (Lipinski definition) is 0. The van der Waals surface area contributed by atoms with E-state index in [1.54, 1.807) is 14.2 Å². The minimum atomic E-state index is 0.382. The Labute approximate surface area is 173 Å². The van der Waals surface area contributed by atoms with Crippen molar-refractivity contribution in [3.05, 3.63) is 58.1 Å². The number of ether oxygens (including phenoxy) is 3. The van der Waals surface area contributed by atoms with E-state index in [0.29, 0.717) is 19.0 Å². The van der Waals surface area contributed by atoms with Gasteiger partial charge in [-0.15, -0.1) is 0 Å². The molecule has 5 nitrogen and oxygen atoms in total. The normalized spacial score (nSPS) is 16.7. The topological polar surface area (TPSA) is 48.0 Å². The summed E-state index contributed by atoms with van der Waals surface area (Å²) in [5.41, 5.74) is 4.96. The molecule has 1 unspecified atom stereocenters. The van der Waals surface area contributed by atoms with Crippen LogP contribution in [0.25, 0.3) is 0 Å². The van der Waals surface area contributed by atoms with Crippen LogP contribution in [-0.4, -0.2) is 51.7 Å². The number of carbonyl (C=O) groups is 1. The monoisotopic (exact) mass is 397 g/mol. The molecule has 0 bridgehead atoms. The first-order chi connectivity index (χ1) is 14.1. The molecule has 0 amide bonds. The molecule has 5 heteroatoms. The molecule has 1 aliphatic rings. The van der Waals surface area contributed by atoms with Gasteiger partial charge in [-0.3, -0.25) is 9.69 Å². The van der Waals surface area contributed by atoms with E-state index in [4.69, 9.17) is 14.2 Å². The quantitative estimate of drug-likeness (QED) is 0.630. The summed E-state index contributed by atoms with van der Waals surface area (Å²) < 4.78 is 16.6. The summed E-state index contributed by atoms with van der Waals surface area (Å²) in [5, 5.41) is 0. The second kappa shape index (κ2) is 9.90. The molecule has 0 spiro atoms. The number of aldehydes is 1. The lowest BCUT2D eigenvalue weighted by molar-refractivity contribution is 0.0249. The van der Waals surface area contributed by atoms with Gasteiger partial charge in [-0.1, -0.05) is 12.1 Å². The summed E-state index contributed by atoms with van der Waals surface area (Å²) >= 11 is 0. The molecule has 3 rings (SSSR count). The van der Waals surface area contributed by atoms with Crippen LogP contribution in [0.15, 0.2) is 30.3 Å². The highest BCUT2D eigenvalue weighted by molar-refractivity contribution is 5.80. The predicted molar refractivity (Wildman–Crippen MR) is 114 cm³/mol. The van der Waals surface area contributed by atoms with Crippen LogP contribution in [0, 0.1) is 6.92 Å². The summed E-state index contributed by atoms with van der Waals surface area (Å²) in [6.07, 6.45) is 3.86. The van der Waals surface area contributed by atoms with Gasteiger partial charge in [0.25, 0.3) is 0 Å². The van der Waals surface area contributed by atoms with Crippen molar-refractivity contribution in [1.82, 2.24) is 4.90 Å². The molecule has 2 aromatic rings. The molecule has 1 aliphatic heterocycles. The number of methoxy groups -OCH3 is 2. The molecule has 156 valence electrons. The average Bonchev–Trinajstić information content (AvgIpc) is 2.76. The first-order valence-corrected chi connectivity index (χ1v) is 10.1. The van der Waals surface area contributed by atoms with E-state index in [9.17, 15) is 4.79 Å². The molecule has 0 radical (unpaired) electrons. The molecular formula is C24H31NO4. The molecule has 1 saturated heterocycles. The van der Waals surface area contributed by atoms with E-state index >= 15 is 0 Å². The van der Waals surface area contributed by atoms with E-state index in [1.807, 2.05) is 37.3 Å². The van der Waals surface area contributed by atoms with Crippen LogP contribution in [0.4, 0.5) is 0 Å². The maximum absolute atomic E-state index is 11.9. The maximum atomic E-state index is 11.9. The van der Waals surface area contributed by atoms with Crippen molar-refractivity contribution in [2.75, 3.05) is 34.5 Å². The van der Waals surface area contributed by atoms with Gasteiger partial charge in [-0.05, 0) is 67.3 Å². The number of carbonyl (C=O) groups excluding carboxylic acids is 1. The van der Waals surface area contributed by atoms with Gasteiger partial charge in [0, 0.05) is 31.2 Å². The van der Waals surface area contributed by atoms with Crippen LogP contribution in [-0.2, 0) is 17.7 Å². The van der Waals surface area contributed by atoms with E-state index < -0.39 is 0 Å².